The van der Waals surface area contributed by atoms with E-state index in [0.29, 0.717) is 19.4 Å². The van der Waals surface area contributed by atoms with Crippen LogP contribution in [0.5, 0.6) is 0 Å². The lowest BCUT2D eigenvalue weighted by Crippen LogP contribution is -2.43. The van der Waals surface area contributed by atoms with Crippen LogP contribution in [0.25, 0.3) is 0 Å². The summed E-state index contributed by atoms with van der Waals surface area (Å²) in [6.07, 6.45) is 2.58. The second-order valence-corrected chi connectivity index (χ2v) is 9.33. The van der Waals surface area contributed by atoms with Crippen molar-refractivity contribution in [3.8, 4) is 0 Å². The van der Waals surface area contributed by atoms with Crippen LogP contribution in [-0.2, 0) is 33.5 Å². The predicted molar refractivity (Wildman–Crippen MR) is 80.2 cm³/mol. The average molecular weight is 335 g/mol. The van der Waals surface area contributed by atoms with Crippen molar-refractivity contribution in [1.82, 2.24) is 14.6 Å². The molecule has 1 atom stereocenters. The Morgan fingerprint density at radius 2 is 2.14 bits per heavy atom. The number of nitrogens with one attached hydrogen (secondary N) is 2. The molecule has 2 N–H and O–H groups in total. The summed E-state index contributed by atoms with van der Waals surface area (Å²) in [6, 6.07) is 1.05. The predicted octanol–water partition coefficient (Wildman–Crippen LogP) is -0.400. The molecular formula is C12H21N3O4S2. The van der Waals surface area contributed by atoms with Gasteiger partial charge in [0.1, 0.15) is 0 Å². The van der Waals surface area contributed by atoms with Crippen LogP contribution in [0.4, 0.5) is 0 Å². The first kappa shape index (κ1) is 16.5. The van der Waals surface area contributed by atoms with Crippen molar-refractivity contribution in [2.75, 3.05) is 18.6 Å². The summed E-state index contributed by atoms with van der Waals surface area (Å²) < 4.78 is 52.1. The van der Waals surface area contributed by atoms with Crippen molar-refractivity contribution in [2.45, 2.75) is 30.3 Å². The summed E-state index contributed by atoms with van der Waals surface area (Å²) in [5.41, 5.74) is 0.842. The van der Waals surface area contributed by atoms with Gasteiger partial charge in [-0.1, -0.05) is 0 Å². The fourth-order valence-electron chi connectivity index (χ4n) is 2.48. The molecule has 1 aromatic heterocycles. The quantitative estimate of drug-likeness (QED) is 0.763. The van der Waals surface area contributed by atoms with E-state index in [4.69, 9.17) is 0 Å². The first-order chi connectivity index (χ1) is 9.73. The average Bonchev–Trinajstić information content (AvgIpc) is 2.70. The summed E-state index contributed by atoms with van der Waals surface area (Å²) in [7, 11) is -3.27. The number of sulfone groups is 1. The van der Waals surface area contributed by atoms with Crippen molar-refractivity contribution in [3.05, 3.63) is 18.0 Å². The van der Waals surface area contributed by atoms with Crippen LogP contribution < -0.4 is 10.0 Å². The van der Waals surface area contributed by atoms with Crippen molar-refractivity contribution >= 4 is 19.9 Å². The van der Waals surface area contributed by atoms with Crippen LogP contribution >= 0.6 is 0 Å². The highest BCUT2D eigenvalue weighted by molar-refractivity contribution is 7.91. The summed E-state index contributed by atoms with van der Waals surface area (Å²) in [5, 5.41) is 2.97. The van der Waals surface area contributed by atoms with Crippen LogP contribution in [0.1, 0.15) is 18.5 Å². The minimum absolute atomic E-state index is 0.123. The molecule has 0 amide bonds. The van der Waals surface area contributed by atoms with Gasteiger partial charge in [-0.05, 0) is 26.0 Å². The zero-order chi connectivity index (χ0) is 15.7. The van der Waals surface area contributed by atoms with E-state index in [-0.39, 0.29) is 16.4 Å². The maximum Gasteiger partial charge on any atom is 0.242 e. The smallest absolute Gasteiger partial charge is 0.242 e. The monoisotopic (exact) mass is 335 g/mol. The first-order valence-electron chi connectivity index (χ1n) is 6.76. The van der Waals surface area contributed by atoms with Crippen LogP contribution in [0.3, 0.4) is 0 Å². The highest BCUT2D eigenvalue weighted by Crippen LogP contribution is 2.17. The van der Waals surface area contributed by atoms with Gasteiger partial charge in [0.25, 0.3) is 0 Å². The molecule has 1 aliphatic heterocycles. The van der Waals surface area contributed by atoms with Gasteiger partial charge in [-0.3, -0.25) is 0 Å². The van der Waals surface area contributed by atoms with Gasteiger partial charge < -0.3 is 9.88 Å². The summed E-state index contributed by atoms with van der Waals surface area (Å²) >= 11 is 0. The van der Waals surface area contributed by atoms with Crippen LogP contribution in [0.2, 0.25) is 0 Å². The number of aromatic nitrogens is 1. The lowest BCUT2D eigenvalue weighted by atomic mass is 10.2. The van der Waals surface area contributed by atoms with E-state index in [1.54, 1.807) is 24.7 Å². The van der Waals surface area contributed by atoms with Gasteiger partial charge in [0.05, 0.1) is 16.4 Å². The molecule has 0 radical (unpaired) electrons. The Labute approximate surface area is 125 Å². The fraction of sp³-hybridized carbons (Fsp3) is 0.667. The number of rotatable bonds is 5. The molecule has 1 aromatic rings. The Balaban J connectivity index is 2.16. The summed E-state index contributed by atoms with van der Waals surface area (Å²) in [5.74, 6) is 0.0192. The standard InChI is InChI=1S/C12H21N3O4S2/c1-13-7-11-6-12(8-15(11)2)21(18,19)14-10-4-3-5-20(16,17)9-10/h6,8,10,13-14H,3-5,7,9H2,1-2H3. The molecule has 0 spiro atoms. The molecule has 1 fully saturated rings. The van der Waals surface area contributed by atoms with E-state index in [1.165, 1.54) is 6.20 Å². The third-order valence-corrected chi connectivity index (χ3v) is 6.84. The van der Waals surface area contributed by atoms with Crippen molar-refractivity contribution < 1.29 is 16.8 Å². The van der Waals surface area contributed by atoms with Crippen molar-refractivity contribution in [1.29, 1.82) is 0 Å². The Kier molecular flexibility index (Phi) is 4.76. The largest absolute Gasteiger partial charge is 0.352 e. The third kappa shape index (κ3) is 4.06. The second kappa shape index (κ2) is 6.07. The molecule has 1 aliphatic rings. The normalized spacial score (nSPS) is 22.3. The Morgan fingerprint density at radius 3 is 2.76 bits per heavy atom. The number of hydrogen-bond acceptors (Lipinski definition) is 5. The second-order valence-electron chi connectivity index (χ2n) is 5.38. The van der Waals surface area contributed by atoms with Gasteiger partial charge >= 0.3 is 0 Å². The fourth-order valence-corrected chi connectivity index (χ4v) is 5.59. The Bertz CT molecular complexity index is 707. The topological polar surface area (TPSA) is 97.3 Å². The zero-order valence-corrected chi connectivity index (χ0v) is 13.8. The maximum atomic E-state index is 12.3. The SMILES string of the molecule is CNCc1cc(S(=O)(=O)NC2CCCS(=O)(=O)C2)cn1C. The van der Waals surface area contributed by atoms with E-state index >= 15 is 0 Å². The van der Waals surface area contributed by atoms with Crippen molar-refractivity contribution in [3.63, 3.8) is 0 Å². The minimum Gasteiger partial charge on any atom is -0.352 e. The molecular weight excluding hydrogens is 314 g/mol. The molecule has 7 nitrogen and oxygen atoms in total. The number of hydrogen-bond donors (Lipinski definition) is 2. The zero-order valence-electron chi connectivity index (χ0n) is 12.2. The van der Waals surface area contributed by atoms with Gasteiger partial charge in [0, 0.05) is 31.5 Å². The van der Waals surface area contributed by atoms with Crippen molar-refractivity contribution in [2.24, 2.45) is 7.05 Å². The van der Waals surface area contributed by atoms with E-state index in [9.17, 15) is 16.8 Å². The van der Waals surface area contributed by atoms with Gasteiger partial charge in [-0.2, -0.15) is 0 Å². The molecule has 0 aromatic carbocycles. The highest BCUT2D eigenvalue weighted by atomic mass is 32.2. The number of nitrogens with zero attached hydrogens (tertiary/aromatic N) is 1. The molecule has 2 rings (SSSR count). The highest BCUT2D eigenvalue weighted by Gasteiger charge is 2.29. The first-order valence-corrected chi connectivity index (χ1v) is 10.1. The molecule has 1 unspecified atom stereocenters. The van der Waals surface area contributed by atoms with Crippen LogP contribution in [0.15, 0.2) is 17.2 Å². The van der Waals surface area contributed by atoms with Gasteiger partial charge in [0.15, 0.2) is 9.84 Å². The molecule has 1 saturated heterocycles. The Hall–Kier alpha value is -0.900. The Morgan fingerprint density at radius 1 is 1.43 bits per heavy atom. The van der Waals surface area contributed by atoms with Crippen LogP contribution in [0, 0.1) is 0 Å². The third-order valence-electron chi connectivity index (χ3n) is 3.54. The number of sulfonamides is 1. The summed E-state index contributed by atoms with van der Waals surface area (Å²) in [6.45, 7) is 0.559. The van der Waals surface area contributed by atoms with Crippen LogP contribution in [-0.4, -0.2) is 46.0 Å². The molecule has 120 valence electrons. The van der Waals surface area contributed by atoms with E-state index < -0.39 is 25.9 Å². The molecule has 0 aliphatic carbocycles. The molecule has 2 heterocycles. The molecule has 0 saturated carbocycles. The maximum absolute atomic E-state index is 12.3. The lowest BCUT2D eigenvalue weighted by Gasteiger charge is -2.22. The van der Waals surface area contributed by atoms with E-state index in [1.807, 2.05) is 0 Å². The van der Waals surface area contributed by atoms with E-state index in [0.717, 1.165) is 5.69 Å². The van der Waals surface area contributed by atoms with Gasteiger partial charge in [-0.15, -0.1) is 0 Å². The van der Waals surface area contributed by atoms with Gasteiger partial charge in [-0.25, -0.2) is 21.6 Å². The molecule has 9 heteroatoms. The number of aryl methyl sites for hydroxylation is 1. The molecule has 21 heavy (non-hydrogen) atoms. The van der Waals surface area contributed by atoms with Gasteiger partial charge in [0.2, 0.25) is 10.0 Å². The minimum atomic E-state index is -3.69. The molecule has 0 bridgehead atoms. The van der Waals surface area contributed by atoms with E-state index in [2.05, 4.69) is 10.0 Å². The lowest BCUT2D eigenvalue weighted by molar-refractivity contribution is 0.517. The summed E-state index contributed by atoms with van der Waals surface area (Å²) in [4.78, 5) is 0.165.